The highest BCUT2D eigenvalue weighted by atomic mass is 16.5. The van der Waals surface area contributed by atoms with Crippen LogP contribution in [0.15, 0.2) is 12.1 Å². The molecule has 0 fully saturated rings. The van der Waals surface area contributed by atoms with Gasteiger partial charge in [-0.1, -0.05) is 27.7 Å². The van der Waals surface area contributed by atoms with Crippen LogP contribution in [0.4, 0.5) is 0 Å². The van der Waals surface area contributed by atoms with Gasteiger partial charge in [0.15, 0.2) is 11.4 Å². The van der Waals surface area contributed by atoms with Crippen LogP contribution in [-0.4, -0.2) is 0 Å². The molecule has 0 aliphatic heterocycles. The first kappa shape index (κ1) is 13.0. The summed E-state index contributed by atoms with van der Waals surface area (Å²) < 4.78 is 1.15. The summed E-state index contributed by atoms with van der Waals surface area (Å²) >= 11 is 0. The lowest BCUT2D eigenvalue weighted by Crippen LogP contribution is -2.38. The summed E-state index contributed by atoms with van der Waals surface area (Å²) in [6.45, 7) is 10.5. The number of aryl methyl sites for hydroxylation is 1. The van der Waals surface area contributed by atoms with Crippen LogP contribution in [0.3, 0.4) is 0 Å². The fraction of sp³-hybridized carbons (Fsp3) is 0.643. The van der Waals surface area contributed by atoms with E-state index in [0.29, 0.717) is 11.8 Å². The molecule has 90 valence electrons. The van der Waals surface area contributed by atoms with Crippen LogP contribution < -0.4 is 4.73 Å². The quantitative estimate of drug-likeness (QED) is 0.563. The van der Waals surface area contributed by atoms with Crippen molar-refractivity contribution in [1.29, 1.82) is 0 Å². The van der Waals surface area contributed by atoms with E-state index in [9.17, 15) is 5.21 Å². The van der Waals surface area contributed by atoms with Gasteiger partial charge >= 0.3 is 0 Å². The molecule has 2 atom stereocenters. The van der Waals surface area contributed by atoms with Gasteiger partial charge in [-0.25, -0.2) is 0 Å². The molecule has 0 amide bonds. The van der Waals surface area contributed by atoms with Crippen molar-refractivity contribution in [3.63, 3.8) is 0 Å². The summed E-state index contributed by atoms with van der Waals surface area (Å²) in [4.78, 5) is 0. The highest BCUT2D eigenvalue weighted by molar-refractivity contribution is 5.19. The molecule has 0 spiro atoms. The molecule has 0 bridgehead atoms. The minimum atomic E-state index is 0.334. The fourth-order valence-corrected chi connectivity index (χ4v) is 1.88. The van der Waals surface area contributed by atoms with Gasteiger partial charge < -0.3 is 5.21 Å². The minimum absolute atomic E-state index is 0.334. The molecule has 1 heterocycles. The lowest BCUT2D eigenvalue weighted by atomic mass is 9.98. The van der Waals surface area contributed by atoms with Gasteiger partial charge in [-0.05, 0) is 25.3 Å². The maximum atomic E-state index is 12.2. The topological polar surface area (TPSA) is 26.9 Å². The number of pyridine rings is 1. The summed E-state index contributed by atoms with van der Waals surface area (Å²) in [7, 11) is 0. The zero-order chi connectivity index (χ0) is 12.3. The van der Waals surface area contributed by atoms with Gasteiger partial charge in [-0.3, -0.25) is 0 Å². The van der Waals surface area contributed by atoms with Gasteiger partial charge in [-0.15, -0.1) is 0 Å². The maximum absolute atomic E-state index is 12.2. The highest BCUT2D eigenvalue weighted by Crippen LogP contribution is 2.21. The molecule has 0 saturated heterocycles. The van der Waals surface area contributed by atoms with Crippen LogP contribution in [0.1, 0.15) is 69.3 Å². The molecule has 2 nitrogen and oxygen atoms in total. The van der Waals surface area contributed by atoms with Crippen molar-refractivity contribution < 1.29 is 4.73 Å². The van der Waals surface area contributed by atoms with Crippen LogP contribution in [0, 0.1) is 12.1 Å². The number of nitrogens with zero attached hydrogens (tertiary/aromatic N) is 1. The van der Waals surface area contributed by atoms with E-state index < -0.39 is 0 Å². The summed E-state index contributed by atoms with van der Waals surface area (Å²) in [5.74, 6) is 0.667. The Balaban J connectivity index is 3.25. The van der Waals surface area contributed by atoms with E-state index in [1.54, 1.807) is 0 Å². The first-order valence-corrected chi connectivity index (χ1v) is 6.25. The molecule has 0 unspecified atom stereocenters. The Morgan fingerprint density at radius 1 is 1.06 bits per heavy atom. The Hall–Kier alpha value is -1.05. The monoisotopic (exact) mass is 221 g/mol. The van der Waals surface area contributed by atoms with Crippen molar-refractivity contribution in [2.75, 3.05) is 0 Å². The fourth-order valence-electron chi connectivity index (χ4n) is 1.88. The summed E-state index contributed by atoms with van der Waals surface area (Å²) in [5, 5.41) is 12.2. The van der Waals surface area contributed by atoms with E-state index in [2.05, 4.69) is 34.6 Å². The van der Waals surface area contributed by atoms with Gasteiger partial charge in [0.05, 0.1) is 0 Å². The van der Waals surface area contributed by atoms with Crippen molar-refractivity contribution in [3.05, 3.63) is 34.3 Å². The standard InChI is InChI=1S/C14H23NO/c1-6-11(4)13-8-10(3)9-14(15(13)16)12(5)7-2/h8-9,11-12H,6-7H2,1-5H3/t11-,12-/m0/s1. The molecule has 0 N–H and O–H groups in total. The van der Waals surface area contributed by atoms with Crippen molar-refractivity contribution in [1.82, 2.24) is 0 Å². The Labute approximate surface area is 98.9 Å². The highest BCUT2D eigenvalue weighted by Gasteiger charge is 2.20. The second-order valence-electron chi connectivity index (χ2n) is 4.80. The number of rotatable bonds is 4. The molecule has 1 aromatic rings. The summed E-state index contributed by atoms with van der Waals surface area (Å²) in [6, 6.07) is 4.04. The molecule has 0 radical (unpaired) electrons. The third-order valence-electron chi connectivity index (χ3n) is 3.45. The third kappa shape index (κ3) is 2.55. The van der Waals surface area contributed by atoms with Crippen molar-refractivity contribution in [2.45, 2.75) is 59.3 Å². The van der Waals surface area contributed by atoms with Crippen LogP contribution in [0.5, 0.6) is 0 Å². The maximum Gasteiger partial charge on any atom is 0.196 e. The molecule has 1 rings (SSSR count). The largest absolute Gasteiger partial charge is 0.618 e. The minimum Gasteiger partial charge on any atom is -0.618 e. The van der Waals surface area contributed by atoms with Crippen LogP contribution in [0.2, 0.25) is 0 Å². The van der Waals surface area contributed by atoms with Crippen LogP contribution in [0.25, 0.3) is 0 Å². The van der Waals surface area contributed by atoms with Gasteiger partial charge in [-0.2, -0.15) is 4.73 Å². The first-order chi connectivity index (χ1) is 7.51. The summed E-state index contributed by atoms with van der Waals surface area (Å²) in [5.41, 5.74) is 3.02. The number of aromatic nitrogens is 1. The first-order valence-electron chi connectivity index (χ1n) is 6.25. The second kappa shape index (κ2) is 5.33. The lowest BCUT2D eigenvalue weighted by molar-refractivity contribution is -0.625. The van der Waals surface area contributed by atoms with E-state index in [-0.39, 0.29) is 0 Å². The third-order valence-corrected chi connectivity index (χ3v) is 3.45. The van der Waals surface area contributed by atoms with E-state index in [1.807, 2.05) is 12.1 Å². The Bertz CT molecular complexity index is 329. The normalized spacial score (nSPS) is 14.8. The van der Waals surface area contributed by atoms with Gasteiger partial charge in [0.1, 0.15) is 0 Å². The average molecular weight is 221 g/mol. The Morgan fingerprint density at radius 3 is 1.75 bits per heavy atom. The molecule has 0 aliphatic carbocycles. The molecule has 2 heteroatoms. The molecule has 0 aliphatic rings. The molecule has 16 heavy (non-hydrogen) atoms. The van der Waals surface area contributed by atoms with Gasteiger partial charge in [0, 0.05) is 24.0 Å². The predicted octanol–water partition coefficient (Wildman–Crippen LogP) is 3.66. The van der Waals surface area contributed by atoms with Crippen molar-refractivity contribution in [2.24, 2.45) is 0 Å². The van der Waals surface area contributed by atoms with Gasteiger partial charge in [0.2, 0.25) is 0 Å². The van der Waals surface area contributed by atoms with E-state index in [4.69, 9.17) is 0 Å². The Morgan fingerprint density at radius 2 is 1.44 bits per heavy atom. The van der Waals surface area contributed by atoms with Crippen LogP contribution in [-0.2, 0) is 0 Å². The van der Waals surface area contributed by atoms with E-state index in [0.717, 1.165) is 29.0 Å². The van der Waals surface area contributed by atoms with Gasteiger partial charge in [0.25, 0.3) is 0 Å². The SMILES string of the molecule is CC[C@H](C)c1cc(C)cc([C@@H](C)CC)[n+]1[O-]. The van der Waals surface area contributed by atoms with Crippen molar-refractivity contribution >= 4 is 0 Å². The molecule has 0 aromatic carbocycles. The molecular formula is C14H23NO. The average Bonchev–Trinajstić information content (AvgIpc) is 2.29. The zero-order valence-electron chi connectivity index (χ0n) is 11.1. The lowest BCUT2D eigenvalue weighted by Gasteiger charge is -2.16. The summed E-state index contributed by atoms with van der Waals surface area (Å²) in [6.07, 6.45) is 2.01. The molecular weight excluding hydrogens is 198 g/mol. The van der Waals surface area contributed by atoms with E-state index >= 15 is 0 Å². The predicted molar refractivity (Wildman–Crippen MR) is 67.6 cm³/mol. The molecule has 0 saturated carbocycles. The molecule has 1 aromatic heterocycles. The van der Waals surface area contributed by atoms with E-state index in [1.165, 1.54) is 5.56 Å². The number of hydrogen-bond donors (Lipinski definition) is 0. The van der Waals surface area contributed by atoms with Crippen LogP contribution >= 0.6 is 0 Å². The smallest absolute Gasteiger partial charge is 0.196 e. The Kier molecular flexibility index (Phi) is 4.34. The number of hydrogen-bond acceptors (Lipinski definition) is 1. The second-order valence-corrected chi connectivity index (χ2v) is 4.80. The van der Waals surface area contributed by atoms with Crippen molar-refractivity contribution in [3.8, 4) is 0 Å². The zero-order valence-corrected chi connectivity index (χ0v) is 11.1.